The van der Waals surface area contributed by atoms with Gasteiger partial charge in [-0.2, -0.15) is 0 Å². The van der Waals surface area contributed by atoms with Crippen LogP contribution in [-0.2, 0) is 4.43 Å². The summed E-state index contributed by atoms with van der Waals surface area (Å²) in [6.45, 7) is 22.0. The van der Waals surface area contributed by atoms with Crippen LogP contribution in [0.15, 0.2) is 0 Å². The topological polar surface area (TPSA) is 19.0 Å². The van der Waals surface area contributed by atoms with Crippen molar-refractivity contribution in [2.24, 2.45) is 5.41 Å². The molecule has 0 saturated heterocycles. The van der Waals surface area contributed by atoms with Crippen molar-refractivity contribution in [2.45, 2.75) is 98.2 Å². The summed E-state index contributed by atoms with van der Waals surface area (Å²) < 4.78 is 6.64. The highest BCUT2D eigenvalue weighted by Crippen LogP contribution is 2.43. The quantitative estimate of drug-likeness (QED) is 0.191. The third-order valence-electron chi connectivity index (χ3n) is 7.32. The van der Waals surface area contributed by atoms with E-state index in [0.29, 0.717) is 5.41 Å². The number of hydrogen-bond donors (Lipinski definition) is 0. The van der Waals surface area contributed by atoms with E-state index in [1.807, 2.05) is 0 Å². The normalized spacial score (nSPS) is 13.2. The highest BCUT2D eigenvalue weighted by molar-refractivity contribution is 6.73. The summed E-state index contributed by atoms with van der Waals surface area (Å²) in [6.07, 6.45) is 7.65. The van der Waals surface area contributed by atoms with Gasteiger partial charge >= 0.3 is 0 Å². The summed E-state index contributed by atoms with van der Waals surface area (Å²) in [4.78, 5) is 7.67. The summed E-state index contributed by atoms with van der Waals surface area (Å²) in [5.74, 6) is 0. The van der Waals surface area contributed by atoms with Crippen LogP contribution in [0.5, 0.6) is 0 Å². The van der Waals surface area contributed by atoms with Crippen LogP contribution in [0.3, 0.4) is 0 Å². The van der Waals surface area contributed by atoms with E-state index in [1.165, 1.54) is 95.9 Å². The molecular formula is C26H59N3OSi. The van der Waals surface area contributed by atoms with E-state index >= 15 is 0 Å². The molecular weight excluding hydrogens is 398 g/mol. The summed E-state index contributed by atoms with van der Waals surface area (Å²) in [6, 6.07) is 3.83. The molecule has 0 unspecified atom stereocenters. The molecule has 0 aromatic rings. The van der Waals surface area contributed by atoms with Crippen LogP contribution in [0.1, 0.15) is 80.1 Å². The molecule has 0 spiro atoms. The Morgan fingerprint density at radius 3 is 1.19 bits per heavy atom. The van der Waals surface area contributed by atoms with E-state index in [1.54, 1.807) is 0 Å². The average Bonchev–Trinajstić information content (AvgIpc) is 2.75. The Morgan fingerprint density at radius 2 is 0.935 bits per heavy atom. The van der Waals surface area contributed by atoms with E-state index in [2.05, 4.69) is 77.4 Å². The van der Waals surface area contributed by atoms with E-state index in [-0.39, 0.29) is 0 Å². The minimum Gasteiger partial charge on any atom is -0.417 e. The van der Waals surface area contributed by atoms with Crippen molar-refractivity contribution in [1.29, 1.82) is 0 Å². The zero-order valence-electron chi connectivity index (χ0n) is 23.1. The van der Waals surface area contributed by atoms with Crippen LogP contribution in [0.25, 0.3) is 0 Å². The van der Waals surface area contributed by atoms with Gasteiger partial charge in [-0.1, -0.05) is 34.6 Å². The summed E-state index contributed by atoms with van der Waals surface area (Å²) in [7, 11) is 5.23. The monoisotopic (exact) mass is 457 g/mol. The standard InChI is InChI=1S/C26H59N3OSi/c1-10-19-27(7)22-16-26(17-23-28(8)20-11-2,18-24-29(9)21-12-3)25-31(14-5,15-6)30-13-4/h10-25H2,1-9H3. The lowest BCUT2D eigenvalue weighted by atomic mass is 9.79. The lowest BCUT2D eigenvalue weighted by molar-refractivity contribution is 0.147. The minimum absolute atomic E-state index is 0.388. The molecule has 0 radical (unpaired) electrons. The first kappa shape index (κ1) is 31.1. The van der Waals surface area contributed by atoms with Crippen LogP contribution < -0.4 is 0 Å². The van der Waals surface area contributed by atoms with Gasteiger partial charge in [-0.15, -0.1) is 0 Å². The molecule has 0 N–H and O–H groups in total. The average molecular weight is 458 g/mol. The van der Waals surface area contributed by atoms with Gasteiger partial charge in [0.15, 0.2) is 8.32 Å². The van der Waals surface area contributed by atoms with Gasteiger partial charge in [0.2, 0.25) is 0 Å². The molecule has 0 aliphatic carbocycles. The fourth-order valence-corrected chi connectivity index (χ4v) is 9.17. The highest BCUT2D eigenvalue weighted by atomic mass is 28.4. The molecule has 0 rings (SSSR count). The van der Waals surface area contributed by atoms with Gasteiger partial charge in [-0.25, -0.2) is 0 Å². The maximum absolute atomic E-state index is 6.64. The second-order valence-corrected chi connectivity index (χ2v) is 14.6. The lowest BCUT2D eigenvalue weighted by Gasteiger charge is -2.44. The molecule has 0 saturated carbocycles. The summed E-state index contributed by atoms with van der Waals surface area (Å²) in [5, 5.41) is 0. The predicted molar refractivity (Wildman–Crippen MR) is 143 cm³/mol. The van der Waals surface area contributed by atoms with Crippen molar-refractivity contribution in [3.05, 3.63) is 0 Å². The molecule has 4 nitrogen and oxygen atoms in total. The van der Waals surface area contributed by atoms with E-state index in [9.17, 15) is 0 Å². The van der Waals surface area contributed by atoms with Gasteiger partial charge in [0.25, 0.3) is 0 Å². The molecule has 0 bridgehead atoms. The molecule has 0 aliphatic rings. The second kappa shape index (κ2) is 17.5. The molecule has 0 aromatic carbocycles. The zero-order chi connectivity index (χ0) is 23.8. The zero-order valence-corrected chi connectivity index (χ0v) is 24.1. The number of hydrogen-bond acceptors (Lipinski definition) is 4. The van der Waals surface area contributed by atoms with Crippen molar-refractivity contribution >= 4 is 8.32 Å². The molecule has 31 heavy (non-hydrogen) atoms. The number of nitrogens with zero attached hydrogens (tertiary/aromatic N) is 3. The molecule has 0 fully saturated rings. The molecule has 0 amide bonds. The van der Waals surface area contributed by atoms with Gasteiger partial charge in [0.1, 0.15) is 0 Å². The predicted octanol–water partition coefficient (Wildman–Crippen LogP) is 6.19. The fourth-order valence-electron chi connectivity index (χ4n) is 5.15. The van der Waals surface area contributed by atoms with Gasteiger partial charge in [0, 0.05) is 6.61 Å². The second-order valence-electron chi connectivity index (χ2n) is 10.2. The van der Waals surface area contributed by atoms with Crippen LogP contribution in [0, 0.1) is 5.41 Å². The summed E-state index contributed by atoms with van der Waals surface area (Å²) in [5.41, 5.74) is 0.388. The maximum atomic E-state index is 6.64. The first-order chi connectivity index (χ1) is 14.8. The first-order valence-electron chi connectivity index (χ1n) is 13.4. The Balaban J connectivity index is 5.79. The Labute approximate surface area is 198 Å². The Bertz CT molecular complexity index is 377. The Hall–Kier alpha value is 0.0569. The maximum Gasteiger partial charge on any atom is 0.192 e. The van der Waals surface area contributed by atoms with E-state index < -0.39 is 8.32 Å². The third kappa shape index (κ3) is 12.8. The van der Waals surface area contributed by atoms with Crippen LogP contribution in [0.4, 0.5) is 0 Å². The minimum atomic E-state index is -1.71. The first-order valence-corrected chi connectivity index (χ1v) is 16.0. The largest absolute Gasteiger partial charge is 0.417 e. The highest BCUT2D eigenvalue weighted by Gasteiger charge is 2.42. The van der Waals surface area contributed by atoms with Gasteiger partial charge in [-0.05, 0) is 129 Å². The van der Waals surface area contributed by atoms with Crippen molar-refractivity contribution < 1.29 is 4.43 Å². The smallest absolute Gasteiger partial charge is 0.192 e. The van der Waals surface area contributed by atoms with Crippen LogP contribution in [0.2, 0.25) is 18.1 Å². The third-order valence-corrected chi connectivity index (χ3v) is 12.2. The summed E-state index contributed by atoms with van der Waals surface area (Å²) >= 11 is 0. The molecule has 0 aromatic heterocycles. The van der Waals surface area contributed by atoms with Crippen LogP contribution >= 0.6 is 0 Å². The van der Waals surface area contributed by atoms with E-state index in [4.69, 9.17) is 4.43 Å². The Kier molecular flexibility index (Phi) is 17.6. The van der Waals surface area contributed by atoms with Gasteiger partial charge < -0.3 is 19.1 Å². The van der Waals surface area contributed by atoms with Crippen molar-refractivity contribution in [1.82, 2.24) is 14.7 Å². The fraction of sp³-hybridized carbons (Fsp3) is 1.00. The van der Waals surface area contributed by atoms with Crippen molar-refractivity contribution in [3.8, 4) is 0 Å². The van der Waals surface area contributed by atoms with Gasteiger partial charge in [-0.3, -0.25) is 0 Å². The van der Waals surface area contributed by atoms with Crippen LogP contribution in [-0.4, -0.2) is 90.0 Å². The molecule has 0 heterocycles. The molecule has 0 aliphatic heterocycles. The SMILES string of the molecule is CCCN(C)CCC(CCN(C)CCC)(CCN(C)CCC)C[Si](CC)(CC)OCC. The van der Waals surface area contributed by atoms with Crippen molar-refractivity contribution in [3.63, 3.8) is 0 Å². The number of rotatable bonds is 21. The van der Waals surface area contributed by atoms with Crippen molar-refractivity contribution in [2.75, 3.05) is 67.0 Å². The van der Waals surface area contributed by atoms with Gasteiger partial charge in [0.05, 0.1) is 0 Å². The Morgan fingerprint density at radius 1 is 0.581 bits per heavy atom. The lowest BCUT2D eigenvalue weighted by Crippen LogP contribution is -2.46. The molecule has 5 heteroatoms. The molecule has 0 atom stereocenters. The van der Waals surface area contributed by atoms with E-state index in [0.717, 1.165) is 6.61 Å². The molecule has 188 valence electrons.